The predicted molar refractivity (Wildman–Crippen MR) is 90.2 cm³/mol. The van der Waals surface area contributed by atoms with E-state index in [0.717, 1.165) is 24.8 Å². The maximum Gasteiger partial charge on any atom is 0.272 e. The first kappa shape index (κ1) is 14.5. The third-order valence-corrected chi connectivity index (χ3v) is 4.09. The fourth-order valence-electron chi connectivity index (χ4n) is 2.93. The summed E-state index contributed by atoms with van der Waals surface area (Å²) in [6.45, 7) is 0. The molecule has 0 aliphatic carbocycles. The molecule has 0 spiro atoms. The van der Waals surface area contributed by atoms with Crippen molar-refractivity contribution in [2.24, 2.45) is 4.99 Å². The van der Waals surface area contributed by atoms with Crippen molar-refractivity contribution in [2.45, 2.75) is 25.2 Å². The van der Waals surface area contributed by atoms with Gasteiger partial charge in [0.1, 0.15) is 0 Å². The molecule has 2 aromatic rings. The fourth-order valence-corrected chi connectivity index (χ4v) is 2.93. The number of amides is 1. The first-order valence-corrected chi connectivity index (χ1v) is 7.72. The fraction of sp³-hybridized carbons (Fsp3) is 0.200. The summed E-state index contributed by atoms with van der Waals surface area (Å²) in [5.41, 5.74) is 3.49. The maximum atomic E-state index is 11.5. The second-order valence-electron chi connectivity index (χ2n) is 5.54. The number of hydrogen-bond acceptors (Lipinski definition) is 1. The molecule has 0 radical (unpaired) electrons. The van der Waals surface area contributed by atoms with E-state index in [2.05, 4.69) is 53.5 Å². The van der Waals surface area contributed by atoms with Crippen LogP contribution in [-0.2, 0) is 4.79 Å². The molecule has 110 valence electrons. The van der Waals surface area contributed by atoms with Crippen LogP contribution in [0.3, 0.4) is 0 Å². The number of rotatable bonds is 6. The average Bonchev–Trinajstić information content (AvgIpc) is 2.98. The van der Waals surface area contributed by atoms with Crippen molar-refractivity contribution >= 4 is 12.1 Å². The van der Waals surface area contributed by atoms with Crippen LogP contribution in [0.25, 0.3) is 0 Å². The van der Waals surface area contributed by atoms with Crippen LogP contribution >= 0.6 is 0 Å². The molecule has 1 heterocycles. The van der Waals surface area contributed by atoms with Crippen molar-refractivity contribution < 1.29 is 4.79 Å². The molecule has 0 saturated carbocycles. The van der Waals surface area contributed by atoms with E-state index in [1.54, 1.807) is 6.21 Å². The Bertz CT molecular complexity index is 647. The highest BCUT2D eigenvalue weighted by Gasteiger charge is 2.16. The Morgan fingerprint density at radius 1 is 0.864 bits per heavy atom. The van der Waals surface area contributed by atoms with Crippen molar-refractivity contribution in [3.63, 3.8) is 0 Å². The maximum absolute atomic E-state index is 11.5. The van der Waals surface area contributed by atoms with E-state index in [9.17, 15) is 4.79 Å². The molecule has 2 heteroatoms. The second kappa shape index (κ2) is 6.99. The number of nitrogens with zero attached hydrogens (tertiary/aromatic N) is 1. The number of benzene rings is 2. The molecule has 3 rings (SSSR count). The third-order valence-electron chi connectivity index (χ3n) is 4.09. The van der Waals surface area contributed by atoms with Gasteiger partial charge < -0.3 is 0 Å². The minimum Gasteiger partial charge on any atom is -0.267 e. The molecule has 0 aromatic heterocycles. The molecule has 22 heavy (non-hydrogen) atoms. The minimum atomic E-state index is -0.0732. The molecule has 0 atom stereocenters. The topological polar surface area (TPSA) is 29.4 Å². The van der Waals surface area contributed by atoms with E-state index in [0.29, 0.717) is 5.92 Å². The van der Waals surface area contributed by atoms with Crippen LogP contribution in [0, 0.1) is 0 Å². The van der Waals surface area contributed by atoms with Gasteiger partial charge in [0.15, 0.2) is 0 Å². The Kier molecular flexibility index (Phi) is 4.59. The Labute approximate surface area is 131 Å². The Hall–Kier alpha value is -2.48. The SMILES string of the molecule is O=C1N=CC=C1CCCC(c1ccccc1)c1ccccc1. The van der Waals surface area contributed by atoms with Gasteiger partial charge >= 0.3 is 0 Å². The van der Waals surface area contributed by atoms with Gasteiger partial charge in [-0.3, -0.25) is 4.79 Å². The standard InChI is InChI=1S/C20H19NO/c22-20-18(14-15-21-20)12-7-13-19(16-8-3-1-4-9-16)17-10-5-2-6-11-17/h1-6,8-11,14-15,19H,7,12-13H2. The van der Waals surface area contributed by atoms with Gasteiger partial charge in [-0.15, -0.1) is 0 Å². The molecular formula is C20H19NO. The highest BCUT2D eigenvalue weighted by molar-refractivity contribution is 6.07. The summed E-state index contributed by atoms with van der Waals surface area (Å²) >= 11 is 0. The van der Waals surface area contributed by atoms with Crippen LogP contribution in [0.5, 0.6) is 0 Å². The van der Waals surface area contributed by atoms with Crippen molar-refractivity contribution in [3.8, 4) is 0 Å². The molecule has 2 aromatic carbocycles. The molecule has 0 bridgehead atoms. The summed E-state index contributed by atoms with van der Waals surface area (Å²) in [6, 6.07) is 21.2. The molecule has 1 amide bonds. The van der Waals surface area contributed by atoms with Crippen LogP contribution in [0.1, 0.15) is 36.3 Å². The Morgan fingerprint density at radius 2 is 1.45 bits per heavy atom. The van der Waals surface area contributed by atoms with Crippen molar-refractivity contribution in [2.75, 3.05) is 0 Å². The van der Waals surface area contributed by atoms with Gasteiger partial charge in [-0.05, 0) is 36.5 Å². The largest absolute Gasteiger partial charge is 0.272 e. The first-order chi connectivity index (χ1) is 10.8. The molecule has 0 saturated heterocycles. The van der Waals surface area contributed by atoms with Crippen LogP contribution in [0.4, 0.5) is 0 Å². The third kappa shape index (κ3) is 3.40. The van der Waals surface area contributed by atoms with Crippen LogP contribution in [-0.4, -0.2) is 12.1 Å². The Morgan fingerprint density at radius 3 is 1.95 bits per heavy atom. The lowest BCUT2D eigenvalue weighted by molar-refractivity contribution is -0.114. The summed E-state index contributed by atoms with van der Waals surface area (Å²) in [5, 5.41) is 0. The lowest BCUT2D eigenvalue weighted by atomic mass is 9.86. The van der Waals surface area contributed by atoms with E-state index in [1.165, 1.54) is 11.1 Å². The van der Waals surface area contributed by atoms with Gasteiger partial charge in [0, 0.05) is 17.7 Å². The van der Waals surface area contributed by atoms with Crippen molar-refractivity contribution in [1.82, 2.24) is 0 Å². The van der Waals surface area contributed by atoms with E-state index >= 15 is 0 Å². The van der Waals surface area contributed by atoms with Crippen molar-refractivity contribution in [3.05, 3.63) is 83.4 Å². The van der Waals surface area contributed by atoms with Crippen LogP contribution in [0.15, 0.2) is 77.3 Å². The highest BCUT2D eigenvalue weighted by Crippen LogP contribution is 2.30. The number of carbonyl (C=O) groups excluding carboxylic acids is 1. The van der Waals surface area contributed by atoms with E-state index in [1.807, 2.05) is 18.2 Å². The zero-order valence-corrected chi connectivity index (χ0v) is 12.5. The molecule has 0 fully saturated rings. The summed E-state index contributed by atoms with van der Waals surface area (Å²) in [6.07, 6.45) is 6.24. The summed E-state index contributed by atoms with van der Waals surface area (Å²) in [7, 11) is 0. The van der Waals surface area contributed by atoms with Gasteiger partial charge in [0.05, 0.1) is 0 Å². The monoisotopic (exact) mass is 289 g/mol. The molecule has 1 aliphatic rings. The van der Waals surface area contributed by atoms with Crippen LogP contribution < -0.4 is 0 Å². The minimum absolute atomic E-state index is 0.0732. The van der Waals surface area contributed by atoms with Gasteiger partial charge in [-0.25, -0.2) is 4.99 Å². The summed E-state index contributed by atoms with van der Waals surface area (Å²) in [5.74, 6) is 0.302. The smallest absolute Gasteiger partial charge is 0.267 e. The Balaban J connectivity index is 1.71. The number of aliphatic imine (C=N–C) groups is 1. The lowest BCUT2D eigenvalue weighted by Crippen LogP contribution is -2.02. The second-order valence-corrected chi connectivity index (χ2v) is 5.54. The molecule has 0 N–H and O–H groups in total. The number of allylic oxidation sites excluding steroid dienone is 1. The predicted octanol–water partition coefficient (Wildman–Crippen LogP) is 4.53. The zero-order valence-electron chi connectivity index (χ0n) is 12.5. The highest BCUT2D eigenvalue weighted by atomic mass is 16.1. The van der Waals surface area contributed by atoms with E-state index < -0.39 is 0 Å². The summed E-state index contributed by atoms with van der Waals surface area (Å²) in [4.78, 5) is 15.3. The van der Waals surface area contributed by atoms with E-state index in [4.69, 9.17) is 0 Å². The number of carbonyl (C=O) groups is 1. The van der Waals surface area contributed by atoms with Gasteiger partial charge in [-0.1, -0.05) is 60.7 Å². The van der Waals surface area contributed by atoms with Gasteiger partial charge in [0.25, 0.3) is 5.91 Å². The summed E-state index contributed by atoms with van der Waals surface area (Å²) < 4.78 is 0. The van der Waals surface area contributed by atoms with Crippen LogP contribution in [0.2, 0.25) is 0 Å². The lowest BCUT2D eigenvalue weighted by Gasteiger charge is -2.18. The molecule has 1 aliphatic heterocycles. The van der Waals surface area contributed by atoms with Gasteiger partial charge in [0.2, 0.25) is 0 Å². The zero-order chi connectivity index (χ0) is 15.2. The molecular weight excluding hydrogens is 270 g/mol. The van der Waals surface area contributed by atoms with Crippen molar-refractivity contribution in [1.29, 1.82) is 0 Å². The number of hydrogen-bond donors (Lipinski definition) is 0. The quantitative estimate of drug-likeness (QED) is 0.768. The van der Waals surface area contributed by atoms with Gasteiger partial charge in [-0.2, -0.15) is 0 Å². The molecule has 0 unspecified atom stereocenters. The first-order valence-electron chi connectivity index (χ1n) is 7.72. The van der Waals surface area contributed by atoms with E-state index in [-0.39, 0.29) is 5.91 Å². The average molecular weight is 289 g/mol. The normalized spacial score (nSPS) is 13.7. The molecule has 2 nitrogen and oxygen atoms in total.